The largest absolute Gasteiger partial charge is 0.355 e. The van der Waals surface area contributed by atoms with Crippen molar-refractivity contribution in [3.63, 3.8) is 0 Å². The molecule has 0 aliphatic carbocycles. The zero-order valence-corrected chi connectivity index (χ0v) is 19.1. The first-order valence-corrected chi connectivity index (χ1v) is 10.1. The molecule has 8 heteroatoms. The number of unbranched alkanes of at least 4 members (excludes halogenated alkanes) is 2. The Bertz CT molecular complexity index is 625. The van der Waals surface area contributed by atoms with Crippen molar-refractivity contribution < 1.29 is 0 Å². The van der Waals surface area contributed by atoms with Crippen LogP contribution < -0.4 is 10.6 Å². The van der Waals surface area contributed by atoms with E-state index in [1.807, 2.05) is 0 Å². The highest BCUT2D eigenvalue weighted by molar-refractivity contribution is 14.0. The Balaban J connectivity index is 0.00000338. The summed E-state index contributed by atoms with van der Waals surface area (Å²) in [6.07, 6.45) is 6.25. The summed E-state index contributed by atoms with van der Waals surface area (Å²) in [5.41, 5.74) is 0. The maximum Gasteiger partial charge on any atom is 0.191 e. The fourth-order valence-electron chi connectivity index (χ4n) is 2.55. The monoisotopic (exact) mass is 490 g/mol. The number of nitrogens with one attached hydrogen (secondary N) is 2. The van der Waals surface area contributed by atoms with Gasteiger partial charge in [-0.25, -0.2) is 0 Å². The van der Waals surface area contributed by atoms with Gasteiger partial charge in [0, 0.05) is 30.9 Å². The van der Waals surface area contributed by atoms with Gasteiger partial charge in [-0.15, -0.1) is 45.5 Å². The van der Waals surface area contributed by atoms with Gasteiger partial charge in [0.15, 0.2) is 5.96 Å². The van der Waals surface area contributed by atoms with Crippen molar-refractivity contribution in [3.8, 4) is 0 Å². The Morgan fingerprint density at radius 1 is 1.35 bits per heavy atom. The summed E-state index contributed by atoms with van der Waals surface area (Å²) in [7, 11) is 0. The van der Waals surface area contributed by atoms with Crippen molar-refractivity contribution in [2.24, 2.45) is 4.99 Å². The lowest BCUT2D eigenvalue weighted by atomic mass is 10.2. The van der Waals surface area contributed by atoms with E-state index < -0.39 is 0 Å². The van der Waals surface area contributed by atoms with E-state index in [4.69, 9.17) is 4.99 Å². The molecule has 2 rings (SSSR count). The molecule has 2 aromatic rings. The SMILES string of the molecule is CCCCCN=C(NCCn1cnnc1CC)NC(C)c1cccs1.I. The molecule has 0 aromatic carbocycles. The topological polar surface area (TPSA) is 67.1 Å². The number of hydrogen-bond acceptors (Lipinski definition) is 4. The van der Waals surface area contributed by atoms with Gasteiger partial charge < -0.3 is 15.2 Å². The van der Waals surface area contributed by atoms with Gasteiger partial charge in [0.05, 0.1) is 6.04 Å². The fraction of sp³-hybridized carbons (Fsp3) is 0.611. The highest BCUT2D eigenvalue weighted by Crippen LogP contribution is 2.17. The van der Waals surface area contributed by atoms with Crippen molar-refractivity contribution in [1.29, 1.82) is 0 Å². The molecule has 0 saturated heterocycles. The second-order valence-electron chi connectivity index (χ2n) is 6.04. The van der Waals surface area contributed by atoms with Crippen LogP contribution in [0.4, 0.5) is 0 Å². The number of aliphatic imine (C=N–C) groups is 1. The van der Waals surface area contributed by atoms with Gasteiger partial charge in [0.25, 0.3) is 0 Å². The number of thiophene rings is 1. The van der Waals surface area contributed by atoms with Crippen molar-refractivity contribution in [2.45, 2.75) is 59.0 Å². The molecule has 0 aliphatic rings. The fourth-order valence-corrected chi connectivity index (χ4v) is 3.29. The summed E-state index contributed by atoms with van der Waals surface area (Å²) >= 11 is 1.77. The van der Waals surface area contributed by atoms with E-state index in [1.54, 1.807) is 17.7 Å². The number of rotatable bonds is 10. The Morgan fingerprint density at radius 3 is 2.88 bits per heavy atom. The zero-order chi connectivity index (χ0) is 17.9. The molecule has 0 radical (unpaired) electrons. The molecule has 0 fully saturated rings. The Kier molecular flexibility index (Phi) is 11.5. The third kappa shape index (κ3) is 7.61. The first-order valence-electron chi connectivity index (χ1n) is 9.19. The van der Waals surface area contributed by atoms with E-state index in [2.05, 4.69) is 63.7 Å². The van der Waals surface area contributed by atoms with Crippen molar-refractivity contribution in [2.75, 3.05) is 13.1 Å². The molecule has 0 amide bonds. The predicted molar refractivity (Wildman–Crippen MR) is 121 cm³/mol. The van der Waals surface area contributed by atoms with Crippen LogP contribution in [0.2, 0.25) is 0 Å². The average molecular weight is 490 g/mol. The van der Waals surface area contributed by atoms with Gasteiger partial charge in [0.2, 0.25) is 0 Å². The summed E-state index contributed by atoms with van der Waals surface area (Å²) in [6, 6.07) is 4.49. The van der Waals surface area contributed by atoms with Crippen LogP contribution in [0.15, 0.2) is 28.8 Å². The Labute approximate surface area is 177 Å². The van der Waals surface area contributed by atoms with Crippen LogP contribution in [0.3, 0.4) is 0 Å². The average Bonchev–Trinajstić information content (AvgIpc) is 3.29. The minimum Gasteiger partial charge on any atom is -0.355 e. The Morgan fingerprint density at radius 2 is 2.19 bits per heavy atom. The molecular formula is C18H31IN6S. The normalized spacial score (nSPS) is 12.5. The van der Waals surface area contributed by atoms with Gasteiger partial charge in [-0.3, -0.25) is 4.99 Å². The zero-order valence-electron chi connectivity index (χ0n) is 15.9. The number of nitrogens with zero attached hydrogens (tertiary/aromatic N) is 4. The Hall–Kier alpha value is -1.16. The van der Waals surface area contributed by atoms with E-state index in [0.717, 1.165) is 44.3 Å². The molecule has 2 heterocycles. The summed E-state index contributed by atoms with van der Waals surface area (Å²) < 4.78 is 2.09. The molecular weight excluding hydrogens is 459 g/mol. The summed E-state index contributed by atoms with van der Waals surface area (Å²) in [5, 5.41) is 17.2. The summed E-state index contributed by atoms with van der Waals surface area (Å²) in [4.78, 5) is 6.05. The number of halogens is 1. The van der Waals surface area contributed by atoms with Crippen molar-refractivity contribution >= 4 is 41.3 Å². The molecule has 2 aromatic heterocycles. The van der Waals surface area contributed by atoms with E-state index in [-0.39, 0.29) is 30.0 Å². The summed E-state index contributed by atoms with van der Waals surface area (Å²) in [6.45, 7) is 8.96. The molecule has 0 spiro atoms. The smallest absolute Gasteiger partial charge is 0.191 e. The molecule has 6 nitrogen and oxygen atoms in total. The van der Waals surface area contributed by atoms with Crippen LogP contribution in [0.1, 0.15) is 56.8 Å². The molecule has 1 unspecified atom stereocenters. The molecule has 146 valence electrons. The van der Waals surface area contributed by atoms with Crippen LogP contribution >= 0.6 is 35.3 Å². The highest BCUT2D eigenvalue weighted by atomic mass is 127. The maximum atomic E-state index is 4.73. The van der Waals surface area contributed by atoms with E-state index in [1.165, 1.54) is 17.7 Å². The highest BCUT2D eigenvalue weighted by Gasteiger charge is 2.09. The van der Waals surface area contributed by atoms with Crippen molar-refractivity contribution in [1.82, 2.24) is 25.4 Å². The summed E-state index contributed by atoms with van der Waals surface area (Å²) in [5.74, 6) is 1.89. The van der Waals surface area contributed by atoms with Gasteiger partial charge in [-0.2, -0.15) is 0 Å². The maximum absolute atomic E-state index is 4.73. The first kappa shape index (κ1) is 22.9. The van der Waals surface area contributed by atoms with Crippen LogP contribution in [-0.4, -0.2) is 33.8 Å². The van der Waals surface area contributed by atoms with E-state index in [0.29, 0.717) is 0 Å². The quantitative estimate of drug-likeness (QED) is 0.229. The minimum atomic E-state index is 0. The third-order valence-corrected chi connectivity index (χ3v) is 5.07. The van der Waals surface area contributed by atoms with Crippen LogP contribution in [0, 0.1) is 0 Å². The number of aromatic nitrogens is 3. The second kappa shape index (κ2) is 13.1. The first-order chi connectivity index (χ1) is 12.2. The second-order valence-corrected chi connectivity index (χ2v) is 7.02. The molecule has 1 atom stereocenters. The van der Waals surface area contributed by atoms with Gasteiger partial charge in [0.1, 0.15) is 12.2 Å². The van der Waals surface area contributed by atoms with E-state index in [9.17, 15) is 0 Å². The number of hydrogen-bond donors (Lipinski definition) is 2. The molecule has 26 heavy (non-hydrogen) atoms. The van der Waals surface area contributed by atoms with Crippen molar-refractivity contribution in [3.05, 3.63) is 34.5 Å². The number of guanidine groups is 1. The molecule has 0 aliphatic heterocycles. The predicted octanol–water partition coefficient (Wildman–Crippen LogP) is 4.01. The standard InChI is InChI=1S/C18H30N6S.HI/c1-4-6-7-10-19-18(22-15(3)16-9-8-13-25-16)20-11-12-24-14-21-23-17(24)5-2;/h8-9,13-15H,4-7,10-12H2,1-3H3,(H2,19,20,22);1H. The lowest BCUT2D eigenvalue weighted by molar-refractivity contribution is 0.619. The minimum absolute atomic E-state index is 0. The van der Waals surface area contributed by atoms with Gasteiger partial charge in [-0.1, -0.05) is 32.8 Å². The third-order valence-electron chi connectivity index (χ3n) is 4.01. The van der Waals surface area contributed by atoms with Gasteiger partial charge in [-0.05, 0) is 24.8 Å². The molecule has 0 bridgehead atoms. The van der Waals surface area contributed by atoms with Crippen LogP contribution in [0.25, 0.3) is 0 Å². The molecule has 0 saturated carbocycles. The van der Waals surface area contributed by atoms with Crippen LogP contribution in [0.5, 0.6) is 0 Å². The van der Waals surface area contributed by atoms with Crippen LogP contribution in [-0.2, 0) is 13.0 Å². The van der Waals surface area contributed by atoms with E-state index >= 15 is 0 Å². The number of aryl methyl sites for hydroxylation is 1. The van der Waals surface area contributed by atoms with Gasteiger partial charge >= 0.3 is 0 Å². The molecule has 2 N–H and O–H groups in total. The lowest BCUT2D eigenvalue weighted by Gasteiger charge is -2.18. The lowest BCUT2D eigenvalue weighted by Crippen LogP contribution is -2.40.